The highest BCUT2D eigenvalue weighted by Crippen LogP contribution is 2.45. The number of dihydropyridines is 2. The summed E-state index contributed by atoms with van der Waals surface area (Å²) in [6, 6.07) is 64.9. The van der Waals surface area contributed by atoms with Crippen LogP contribution in [0.25, 0.3) is 87.6 Å². The van der Waals surface area contributed by atoms with Crippen LogP contribution in [0.1, 0.15) is 12.5 Å². The number of rotatable bonds is 6. The number of hydrogen-bond acceptors (Lipinski definition) is 2. The minimum atomic E-state index is -0.148. The SMILES string of the molecule is CC1(C2=CNCC=C2)C=CC(c2ccc3c(-c4ccc(-c5ccc6ccccc6c5)cc4)c4ccccc4c(-c4ccc(-c5ccc6ccccc6c5)cc4)c3c2)=NC1. The van der Waals surface area contributed by atoms with Gasteiger partial charge in [0.15, 0.2) is 0 Å². The smallest absolute Gasteiger partial charge is 0.0644 e. The Bertz CT molecular complexity index is 3230. The van der Waals surface area contributed by atoms with E-state index in [-0.39, 0.29) is 5.41 Å². The third-order valence-electron chi connectivity index (χ3n) is 12.5. The van der Waals surface area contributed by atoms with Crippen LogP contribution in [0, 0.1) is 5.41 Å². The fourth-order valence-electron chi connectivity index (χ4n) is 9.18. The number of nitrogens with zero attached hydrogens (tertiary/aromatic N) is 1. The highest BCUT2D eigenvalue weighted by atomic mass is 14.8. The lowest BCUT2D eigenvalue weighted by molar-refractivity contribution is 0.531. The highest BCUT2D eigenvalue weighted by Gasteiger charge is 2.28. The van der Waals surface area contributed by atoms with Crippen LogP contribution in [-0.4, -0.2) is 18.8 Å². The molecule has 2 heterocycles. The molecule has 0 radical (unpaired) electrons. The maximum atomic E-state index is 5.23. The summed E-state index contributed by atoms with van der Waals surface area (Å²) in [6.45, 7) is 3.84. The lowest BCUT2D eigenvalue weighted by atomic mass is 9.79. The van der Waals surface area contributed by atoms with Crippen molar-refractivity contribution >= 4 is 48.8 Å². The molecule has 2 aliphatic rings. The Hall–Kier alpha value is -7.29. The van der Waals surface area contributed by atoms with Gasteiger partial charge in [0.05, 0.1) is 12.3 Å². The zero-order chi connectivity index (χ0) is 39.3. The van der Waals surface area contributed by atoms with Crippen LogP contribution in [0.3, 0.4) is 0 Å². The van der Waals surface area contributed by atoms with E-state index in [1.54, 1.807) is 0 Å². The lowest BCUT2D eigenvalue weighted by Crippen LogP contribution is -2.27. The van der Waals surface area contributed by atoms with Crippen molar-refractivity contribution in [1.29, 1.82) is 0 Å². The predicted molar refractivity (Wildman–Crippen MR) is 252 cm³/mol. The van der Waals surface area contributed by atoms with Gasteiger partial charge in [0.1, 0.15) is 0 Å². The van der Waals surface area contributed by atoms with Crippen molar-refractivity contribution in [3.8, 4) is 44.5 Å². The zero-order valence-corrected chi connectivity index (χ0v) is 33.0. The Balaban J connectivity index is 1.06. The van der Waals surface area contributed by atoms with Crippen LogP contribution in [-0.2, 0) is 0 Å². The first-order valence-corrected chi connectivity index (χ1v) is 20.6. The van der Waals surface area contributed by atoms with Crippen LogP contribution in [0.15, 0.2) is 217 Å². The van der Waals surface area contributed by atoms with E-state index in [4.69, 9.17) is 4.99 Å². The fourth-order valence-corrected chi connectivity index (χ4v) is 9.18. The molecule has 280 valence electrons. The summed E-state index contributed by atoms with van der Waals surface area (Å²) in [6.07, 6.45) is 11.1. The van der Waals surface area contributed by atoms with E-state index < -0.39 is 0 Å². The topological polar surface area (TPSA) is 24.4 Å². The molecule has 0 bridgehead atoms. The molecule has 59 heavy (non-hydrogen) atoms. The van der Waals surface area contributed by atoms with E-state index >= 15 is 0 Å². The third-order valence-corrected chi connectivity index (χ3v) is 12.5. The second kappa shape index (κ2) is 14.3. The van der Waals surface area contributed by atoms with E-state index in [2.05, 4.69) is 219 Å². The Morgan fingerprint density at radius 2 is 0.932 bits per heavy atom. The fraction of sp³-hybridized carbons (Fsp3) is 0.0702. The first-order chi connectivity index (χ1) is 29.1. The molecular weight excluding hydrogens is 713 g/mol. The first-order valence-electron chi connectivity index (χ1n) is 20.6. The Morgan fingerprint density at radius 3 is 1.47 bits per heavy atom. The summed E-state index contributed by atoms with van der Waals surface area (Å²) < 4.78 is 0. The van der Waals surface area contributed by atoms with Crippen molar-refractivity contribution in [3.05, 3.63) is 218 Å². The molecule has 0 saturated carbocycles. The maximum Gasteiger partial charge on any atom is 0.0644 e. The molecule has 0 fully saturated rings. The summed E-state index contributed by atoms with van der Waals surface area (Å²) >= 11 is 0. The van der Waals surface area contributed by atoms with E-state index in [1.807, 2.05) is 0 Å². The van der Waals surface area contributed by atoms with E-state index in [0.29, 0.717) is 6.54 Å². The van der Waals surface area contributed by atoms with Crippen LogP contribution < -0.4 is 5.32 Å². The summed E-state index contributed by atoms with van der Waals surface area (Å²) in [5.41, 5.74) is 13.0. The lowest BCUT2D eigenvalue weighted by Gasteiger charge is -2.30. The van der Waals surface area contributed by atoms with Gasteiger partial charge in [-0.25, -0.2) is 0 Å². The van der Waals surface area contributed by atoms with Gasteiger partial charge >= 0.3 is 0 Å². The second-order valence-corrected chi connectivity index (χ2v) is 16.2. The van der Waals surface area contributed by atoms with E-state index in [0.717, 1.165) is 17.8 Å². The van der Waals surface area contributed by atoms with Crippen molar-refractivity contribution < 1.29 is 0 Å². The van der Waals surface area contributed by atoms with E-state index in [9.17, 15) is 0 Å². The van der Waals surface area contributed by atoms with Crippen molar-refractivity contribution in [2.75, 3.05) is 13.1 Å². The van der Waals surface area contributed by atoms with Crippen LogP contribution >= 0.6 is 0 Å². The van der Waals surface area contributed by atoms with Gasteiger partial charge in [0, 0.05) is 23.7 Å². The molecule has 0 aliphatic carbocycles. The number of allylic oxidation sites excluding steroid dienone is 2. The molecule has 2 nitrogen and oxygen atoms in total. The van der Waals surface area contributed by atoms with Crippen molar-refractivity contribution in [3.63, 3.8) is 0 Å². The monoisotopic (exact) mass is 754 g/mol. The van der Waals surface area contributed by atoms with Gasteiger partial charge in [-0.05, 0) is 117 Å². The molecule has 1 N–H and O–H groups in total. The van der Waals surface area contributed by atoms with Crippen LogP contribution in [0.4, 0.5) is 0 Å². The third kappa shape index (κ3) is 6.25. The normalized spacial score (nSPS) is 16.4. The molecule has 0 amide bonds. The number of benzene rings is 9. The molecule has 1 unspecified atom stereocenters. The second-order valence-electron chi connectivity index (χ2n) is 16.2. The van der Waals surface area contributed by atoms with Crippen molar-refractivity contribution in [2.24, 2.45) is 10.4 Å². The van der Waals surface area contributed by atoms with Gasteiger partial charge in [-0.15, -0.1) is 0 Å². The Kier molecular flexibility index (Phi) is 8.45. The maximum absolute atomic E-state index is 5.23. The molecule has 1 atom stereocenters. The first kappa shape index (κ1) is 34.9. The predicted octanol–water partition coefficient (Wildman–Crippen LogP) is 14.4. The Morgan fingerprint density at radius 1 is 0.441 bits per heavy atom. The quantitative estimate of drug-likeness (QED) is 0.168. The minimum Gasteiger partial charge on any atom is -0.387 e. The molecular formula is C57H42N2. The summed E-state index contributed by atoms with van der Waals surface area (Å²) in [5, 5.41) is 13.3. The standard InChI is InChI=1S/C57H42N2/c1-57(49-13-8-32-58-36-49)31-30-54(59-37-57)48-28-29-52-53(35-48)56(43-24-18-41(19-25-43)47-27-21-39-10-3-5-12-45(39)34-47)51-15-7-6-14-50(51)55(52)42-22-16-40(17-23-42)46-26-20-38-9-2-4-11-44(38)33-46/h2-31,33-36,58H,32,37H2,1H3. The zero-order valence-electron chi connectivity index (χ0n) is 33.0. The van der Waals surface area contributed by atoms with Gasteiger partial charge in [-0.1, -0.05) is 183 Å². The highest BCUT2D eigenvalue weighted by molar-refractivity contribution is 6.23. The van der Waals surface area contributed by atoms with Crippen molar-refractivity contribution in [2.45, 2.75) is 6.92 Å². The van der Waals surface area contributed by atoms with Crippen molar-refractivity contribution in [1.82, 2.24) is 5.32 Å². The molecule has 0 aromatic heterocycles. The molecule has 11 rings (SSSR count). The van der Waals surface area contributed by atoms with Gasteiger partial charge in [0.25, 0.3) is 0 Å². The number of aliphatic imine (C=N–C) groups is 1. The largest absolute Gasteiger partial charge is 0.387 e. The van der Waals surface area contributed by atoms with Gasteiger partial charge in [0.2, 0.25) is 0 Å². The molecule has 0 saturated heterocycles. The number of nitrogens with one attached hydrogen (secondary N) is 1. The molecule has 9 aromatic rings. The van der Waals surface area contributed by atoms with Gasteiger partial charge in [-0.3, -0.25) is 4.99 Å². The minimum absolute atomic E-state index is 0.148. The molecule has 9 aromatic carbocycles. The average Bonchev–Trinajstić information content (AvgIpc) is 3.31. The molecule has 2 heteroatoms. The van der Waals surface area contributed by atoms with E-state index in [1.165, 1.54) is 93.2 Å². The van der Waals surface area contributed by atoms with Gasteiger partial charge in [-0.2, -0.15) is 0 Å². The molecule has 2 aliphatic heterocycles. The van der Waals surface area contributed by atoms with Crippen LogP contribution in [0.2, 0.25) is 0 Å². The number of hydrogen-bond donors (Lipinski definition) is 1. The van der Waals surface area contributed by atoms with Crippen LogP contribution in [0.5, 0.6) is 0 Å². The summed E-state index contributed by atoms with van der Waals surface area (Å²) in [5.74, 6) is 0. The average molecular weight is 755 g/mol. The molecule has 0 spiro atoms. The van der Waals surface area contributed by atoms with Gasteiger partial charge < -0.3 is 5.32 Å². The summed E-state index contributed by atoms with van der Waals surface area (Å²) in [4.78, 5) is 5.23. The summed E-state index contributed by atoms with van der Waals surface area (Å²) in [7, 11) is 0. The Labute approximate surface area is 345 Å². The number of fused-ring (bicyclic) bond motifs is 4.